The molecule has 2 N–H and O–H groups in total. The maximum Gasteiger partial charge on any atom is 0.330 e. The normalized spacial score (nSPS) is 14.4. The van der Waals surface area contributed by atoms with Crippen molar-refractivity contribution in [3.8, 4) is 0 Å². The van der Waals surface area contributed by atoms with E-state index in [0.29, 0.717) is 24.0 Å². The first-order chi connectivity index (χ1) is 13.4. The first kappa shape index (κ1) is 19.5. The number of amides is 2. The number of halogens is 1. The van der Waals surface area contributed by atoms with Crippen molar-refractivity contribution in [2.45, 2.75) is 32.2 Å². The van der Waals surface area contributed by atoms with Gasteiger partial charge in [-0.15, -0.1) is 0 Å². The van der Waals surface area contributed by atoms with Gasteiger partial charge >= 0.3 is 5.97 Å². The number of fused-ring (bicyclic) bond motifs is 1. The summed E-state index contributed by atoms with van der Waals surface area (Å²) in [4.78, 5) is 37.8. The van der Waals surface area contributed by atoms with Crippen LogP contribution in [0.15, 0.2) is 42.5 Å². The highest BCUT2D eigenvalue weighted by atomic mass is 19.1. The predicted molar refractivity (Wildman–Crippen MR) is 101 cm³/mol. The number of benzene rings is 2. The average Bonchev–Trinajstić information content (AvgIpc) is 2.67. The van der Waals surface area contributed by atoms with E-state index in [1.807, 2.05) is 24.3 Å². The molecule has 6 nitrogen and oxygen atoms in total. The van der Waals surface area contributed by atoms with E-state index in [9.17, 15) is 23.9 Å². The Kier molecular flexibility index (Phi) is 5.73. The fourth-order valence-electron chi connectivity index (χ4n) is 3.32. The third-order valence-corrected chi connectivity index (χ3v) is 4.82. The van der Waals surface area contributed by atoms with E-state index in [2.05, 4.69) is 5.32 Å². The van der Waals surface area contributed by atoms with Crippen LogP contribution in [0.3, 0.4) is 0 Å². The summed E-state index contributed by atoms with van der Waals surface area (Å²) in [6, 6.07) is 10.2. The molecule has 2 aromatic carbocycles. The Bertz CT molecular complexity index is 928. The van der Waals surface area contributed by atoms with E-state index in [1.165, 1.54) is 25.1 Å². The lowest BCUT2D eigenvalue weighted by molar-refractivity contribution is -0.142. The predicted octanol–water partition coefficient (Wildman–Crippen LogP) is 2.75. The van der Waals surface area contributed by atoms with Crippen LogP contribution in [0.2, 0.25) is 0 Å². The van der Waals surface area contributed by atoms with Crippen molar-refractivity contribution in [2.24, 2.45) is 0 Å². The number of anilines is 1. The van der Waals surface area contributed by atoms with Gasteiger partial charge in [0.25, 0.3) is 0 Å². The summed E-state index contributed by atoms with van der Waals surface area (Å²) in [7, 11) is 0. The van der Waals surface area contributed by atoms with Crippen LogP contribution in [0.4, 0.5) is 10.1 Å². The molecule has 146 valence electrons. The average molecular weight is 384 g/mol. The fourth-order valence-corrected chi connectivity index (χ4v) is 3.32. The number of carbonyl (C=O) groups is 3. The van der Waals surface area contributed by atoms with Gasteiger partial charge in [0, 0.05) is 25.1 Å². The number of nitrogens with one attached hydrogen (secondary N) is 1. The number of nitrogens with zero attached hydrogens (tertiary/aromatic N) is 1. The number of hydrogen-bond donors (Lipinski definition) is 2. The Hall–Kier alpha value is -3.22. The van der Waals surface area contributed by atoms with Crippen molar-refractivity contribution in [3.63, 3.8) is 0 Å². The number of para-hydroxylation sites is 1. The summed E-state index contributed by atoms with van der Waals surface area (Å²) < 4.78 is 13.4. The van der Waals surface area contributed by atoms with Crippen LogP contribution in [-0.2, 0) is 20.8 Å². The topological polar surface area (TPSA) is 86.7 Å². The Morgan fingerprint density at radius 1 is 1.21 bits per heavy atom. The van der Waals surface area contributed by atoms with E-state index in [-0.39, 0.29) is 18.9 Å². The molecule has 1 aliphatic rings. The lowest BCUT2D eigenvalue weighted by Crippen LogP contribution is -2.40. The molecular formula is C21H21FN2O4. The Labute approximate surface area is 162 Å². The highest BCUT2D eigenvalue weighted by Gasteiger charge is 2.26. The van der Waals surface area contributed by atoms with E-state index >= 15 is 0 Å². The van der Waals surface area contributed by atoms with Gasteiger partial charge in [-0.05, 0) is 42.2 Å². The van der Waals surface area contributed by atoms with Crippen molar-refractivity contribution in [1.29, 1.82) is 0 Å². The molecule has 0 saturated heterocycles. The van der Waals surface area contributed by atoms with Crippen molar-refractivity contribution in [1.82, 2.24) is 5.32 Å². The van der Waals surface area contributed by atoms with Crippen LogP contribution in [-0.4, -0.2) is 29.4 Å². The van der Waals surface area contributed by atoms with Crippen LogP contribution in [0.1, 0.15) is 35.6 Å². The Morgan fingerprint density at radius 3 is 2.68 bits per heavy atom. The molecule has 0 saturated carbocycles. The number of hydrogen-bond acceptors (Lipinski definition) is 3. The molecule has 1 atom stereocenters. The molecule has 0 aromatic heterocycles. The van der Waals surface area contributed by atoms with E-state index in [1.54, 1.807) is 4.90 Å². The van der Waals surface area contributed by atoms with Gasteiger partial charge in [0.1, 0.15) is 5.82 Å². The van der Waals surface area contributed by atoms with Crippen molar-refractivity contribution in [3.05, 3.63) is 65.0 Å². The van der Waals surface area contributed by atoms with Crippen molar-refractivity contribution in [2.75, 3.05) is 11.4 Å². The molecular weight excluding hydrogens is 363 g/mol. The summed E-state index contributed by atoms with van der Waals surface area (Å²) in [5, 5.41) is 11.9. The molecule has 0 aliphatic carbocycles. The first-order valence-electron chi connectivity index (χ1n) is 9.03. The molecule has 0 fully saturated rings. The van der Waals surface area contributed by atoms with Crippen LogP contribution in [0.5, 0.6) is 0 Å². The molecule has 7 heteroatoms. The first-order valence-corrected chi connectivity index (χ1v) is 9.03. The van der Waals surface area contributed by atoms with Crippen molar-refractivity contribution < 1.29 is 23.9 Å². The molecule has 28 heavy (non-hydrogen) atoms. The molecule has 2 amide bonds. The zero-order chi connectivity index (χ0) is 20.3. The highest BCUT2D eigenvalue weighted by molar-refractivity contribution is 5.97. The number of aliphatic carboxylic acids is 1. The molecule has 1 aliphatic heterocycles. The molecule has 1 unspecified atom stereocenters. The second-order valence-corrected chi connectivity index (χ2v) is 6.77. The van der Waals surface area contributed by atoms with Gasteiger partial charge in [0.05, 0.1) is 0 Å². The van der Waals surface area contributed by atoms with Gasteiger partial charge in [-0.2, -0.15) is 0 Å². The summed E-state index contributed by atoms with van der Waals surface area (Å²) in [6.07, 6.45) is 1.01. The van der Waals surface area contributed by atoms with E-state index < -0.39 is 23.7 Å². The SMILES string of the molecule is Cc1cc(C(NC(=O)CCN2C(=O)CCc3ccccc32)C(=O)O)ccc1F. The number of carboxylic acid groups (broad SMARTS) is 1. The van der Waals surface area contributed by atoms with Gasteiger partial charge in [-0.1, -0.05) is 30.3 Å². The molecule has 2 aromatic rings. The maximum atomic E-state index is 13.4. The Balaban J connectivity index is 1.68. The molecule has 0 bridgehead atoms. The minimum atomic E-state index is -1.28. The minimum Gasteiger partial charge on any atom is -0.479 e. The molecule has 0 radical (unpaired) electrons. The lowest BCUT2D eigenvalue weighted by Gasteiger charge is -2.29. The second-order valence-electron chi connectivity index (χ2n) is 6.77. The molecule has 0 spiro atoms. The second kappa shape index (κ2) is 8.21. The van der Waals surface area contributed by atoms with E-state index in [0.717, 1.165) is 11.3 Å². The third kappa shape index (κ3) is 4.19. The van der Waals surface area contributed by atoms with E-state index in [4.69, 9.17) is 0 Å². The number of carbonyl (C=O) groups excluding carboxylic acids is 2. The molecule has 1 heterocycles. The van der Waals surface area contributed by atoms with Gasteiger partial charge in [-0.3, -0.25) is 9.59 Å². The molecule has 3 rings (SSSR count). The smallest absolute Gasteiger partial charge is 0.330 e. The summed E-state index contributed by atoms with van der Waals surface area (Å²) in [6.45, 7) is 1.69. The number of rotatable bonds is 6. The number of aryl methyl sites for hydroxylation is 2. The third-order valence-electron chi connectivity index (χ3n) is 4.82. The monoisotopic (exact) mass is 384 g/mol. The largest absolute Gasteiger partial charge is 0.479 e. The summed E-state index contributed by atoms with van der Waals surface area (Å²) >= 11 is 0. The lowest BCUT2D eigenvalue weighted by atomic mass is 10.0. The van der Waals surface area contributed by atoms with Crippen molar-refractivity contribution >= 4 is 23.5 Å². The van der Waals surface area contributed by atoms with Gasteiger partial charge < -0.3 is 15.3 Å². The fraction of sp³-hybridized carbons (Fsp3) is 0.286. The van der Waals surface area contributed by atoms with Gasteiger partial charge in [0.15, 0.2) is 6.04 Å². The minimum absolute atomic E-state index is 0.0377. The summed E-state index contributed by atoms with van der Waals surface area (Å²) in [5.74, 6) is -2.24. The van der Waals surface area contributed by atoms with Gasteiger partial charge in [0.2, 0.25) is 11.8 Å². The van der Waals surface area contributed by atoms with Gasteiger partial charge in [-0.25, -0.2) is 9.18 Å². The Morgan fingerprint density at radius 2 is 1.96 bits per heavy atom. The van der Waals surface area contributed by atoms with Crippen LogP contribution in [0, 0.1) is 12.7 Å². The zero-order valence-electron chi connectivity index (χ0n) is 15.4. The number of carboxylic acids is 1. The van der Waals surface area contributed by atoms with Crippen LogP contribution >= 0.6 is 0 Å². The quantitative estimate of drug-likeness (QED) is 0.802. The van der Waals surface area contributed by atoms with Crippen LogP contribution < -0.4 is 10.2 Å². The zero-order valence-corrected chi connectivity index (χ0v) is 15.4. The highest BCUT2D eigenvalue weighted by Crippen LogP contribution is 2.27. The maximum absolute atomic E-state index is 13.4. The van der Waals surface area contributed by atoms with Crippen LogP contribution in [0.25, 0.3) is 0 Å². The summed E-state index contributed by atoms with van der Waals surface area (Å²) in [5.41, 5.74) is 2.43. The standard InChI is InChI=1S/C21H21FN2O4/c1-13-12-15(6-8-16(13)22)20(21(27)28)23-18(25)10-11-24-17-5-3-2-4-14(17)7-9-19(24)26/h2-6,8,12,20H,7,9-11H2,1H3,(H,23,25)(H,27,28).